The van der Waals surface area contributed by atoms with Crippen molar-refractivity contribution in [2.75, 3.05) is 14.2 Å². The van der Waals surface area contributed by atoms with Gasteiger partial charge in [0.2, 0.25) is 5.96 Å². The van der Waals surface area contributed by atoms with Gasteiger partial charge >= 0.3 is 0 Å². The summed E-state index contributed by atoms with van der Waals surface area (Å²) < 4.78 is 10.2. The van der Waals surface area contributed by atoms with Crippen molar-refractivity contribution in [1.29, 1.82) is 0 Å². The normalized spacial score (nSPS) is 10.9. The zero-order chi connectivity index (χ0) is 13.7. The van der Waals surface area contributed by atoms with Crippen LogP contribution >= 0.6 is 11.6 Å². The summed E-state index contributed by atoms with van der Waals surface area (Å²) in [6.07, 6.45) is 0. The van der Waals surface area contributed by atoms with E-state index >= 15 is 0 Å². The van der Waals surface area contributed by atoms with Gasteiger partial charge in [-0.15, -0.1) is 0 Å². The third kappa shape index (κ3) is 3.42. The molecule has 0 aromatic heterocycles. The second-order valence-electron chi connectivity index (χ2n) is 3.17. The highest BCUT2D eigenvalue weighted by Crippen LogP contribution is 2.37. The van der Waals surface area contributed by atoms with E-state index in [0.29, 0.717) is 22.2 Å². The maximum atomic E-state index is 6.01. The number of hydrogen-bond acceptors (Lipinski definition) is 3. The zero-order valence-electron chi connectivity index (χ0n) is 9.98. The molecule has 98 valence electrons. The van der Waals surface area contributed by atoms with Gasteiger partial charge in [0, 0.05) is 12.1 Å². The number of benzene rings is 1. The SMILES string of the molecule is COc1cc(Cl)c(N=C(N)N=C(N)N)cc1OC. The maximum absolute atomic E-state index is 6.01. The highest BCUT2D eigenvalue weighted by molar-refractivity contribution is 6.33. The summed E-state index contributed by atoms with van der Waals surface area (Å²) in [5, 5.41) is 0.335. The Labute approximate surface area is 109 Å². The molecule has 0 aliphatic rings. The molecule has 0 spiro atoms. The summed E-state index contributed by atoms with van der Waals surface area (Å²) in [5.41, 5.74) is 16.2. The number of aliphatic imine (C=N–C) groups is 2. The van der Waals surface area contributed by atoms with Crippen LogP contribution in [0.4, 0.5) is 5.69 Å². The average Bonchev–Trinajstić information content (AvgIpc) is 2.30. The minimum absolute atomic E-state index is 0.107. The highest BCUT2D eigenvalue weighted by Gasteiger charge is 2.09. The van der Waals surface area contributed by atoms with Gasteiger partial charge < -0.3 is 26.7 Å². The molecule has 0 heterocycles. The monoisotopic (exact) mass is 271 g/mol. The Morgan fingerprint density at radius 3 is 2.17 bits per heavy atom. The Hall–Kier alpha value is -2.15. The van der Waals surface area contributed by atoms with Crippen LogP contribution in [0.3, 0.4) is 0 Å². The van der Waals surface area contributed by atoms with E-state index in [1.54, 1.807) is 12.1 Å². The number of guanidine groups is 2. The summed E-state index contributed by atoms with van der Waals surface area (Å²) in [6.45, 7) is 0. The van der Waals surface area contributed by atoms with Crippen LogP contribution in [0.5, 0.6) is 11.5 Å². The number of nitrogens with zero attached hydrogens (tertiary/aromatic N) is 2. The molecule has 8 heteroatoms. The van der Waals surface area contributed by atoms with Crippen molar-refractivity contribution < 1.29 is 9.47 Å². The molecule has 0 aliphatic carbocycles. The van der Waals surface area contributed by atoms with E-state index in [9.17, 15) is 0 Å². The van der Waals surface area contributed by atoms with Crippen molar-refractivity contribution >= 4 is 29.2 Å². The van der Waals surface area contributed by atoms with Crippen molar-refractivity contribution in [2.24, 2.45) is 27.2 Å². The van der Waals surface area contributed by atoms with Crippen LogP contribution in [-0.2, 0) is 0 Å². The molecular weight excluding hydrogens is 258 g/mol. The van der Waals surface area contributed by atoms with Crippen LogP contribution in [0.1, 0.15) is 0 Å². The van der Waals surface area contributed by atoms with Gasteiger partial charge in [0.25, 0.3) is 0 Å². The van der Waals surface area contributed by atoms with E-state index < -0.39 is 0 Å². The maximum Gasteiger partial charge on any atom is 0.223 e. The second-order valence-corrected chi connectivity index (χ2v) is 3.57. The van der Waals surface area contributed by atoms with Crippen molar-refractivity contribution in [2.45, 2.75) is 0 Å². The predicted molar refractivity (Wildman–Crippen MR) is 71.6 cm³/mol. The number of methoxy groups -OCH3 is 2. The zero-order valence-corrected chi connectivity index (χ0v) is 10.7. The smallest absolute Gasteiger partial charge is 0.223 e. The quantitative estimate of drug-likeness (QED) is 0.548. The van der Waals surface area contributed by atoms with Gasteiger partial charge in [0.15, 0.2) is 17.5 Å². The van der Waals surface area contributed by atoms with Gasteiger partial charge in [-0.25, -0.2) is 4.99 Å². The lowest BCUT2D eigenvalue weighted by Gasteiger charge is -2.09. The first-order chi connectivity index (χ1) is 8.47. The molecule has 7 nitrogen and oxygen atoms in total. The van der Waals surface area contributed by atoms with Gasteiger partial charge in [0.1, 0.15) is 0 Å². The lowest BCUT2D eigenvalue weighted by molar-refractivity contribution is 0.355. The number of hydrogen-bond donors (Lipinski definition) is 3. The molecule has 0 unspecified atom stereocenters. The summed E-state index contributed by atoms with van der Waals surface area (Å²) in [4.78, 5) is 7.54. The topological polar surface area (TPSA) is 121 Å². The van der Waals surface area contributed by atoms with Crippen molar-refractivity contribution in [3.8, 4) is 11.5 Å². The van der Waals surface area contributed by atoms with E-state index in [1.165, 1.54) is 14.2 Å². The first-order valence-corrected chi connectivity index (χ1v) is 5.21. The van der Waals surface area contributed by atoms with Crippen LogP contribution < -0.4 is 26.7 Å². The Morgan fingerprint density at radius 1 is 1.11 bits per heavy atom. The standard InChI is InChI=1S/C10H14ClN5O2/c1-17-7-3-5(11)6(4-8(7)18-2)15-10(14)16-9(12)13/h3-4H,1-2H3,(H6,12,13,14,15,16). The summed E-state index contributed by atoms with van der Waals surface area (Å²) >= 11 is 6.01. The molecule has 0 bridgehead atoms. The Morgan fingerprint density at radius 2 is 1.67 bits per heavy atom. The lowest BCUT2D eigenvalue weighted by atomic mass is 10.3. The molecule has 1 rings (SSSR count). The minimum Gasteiger partial charge on any atom is -0.493 e. The lowest BCUT2D eigenvalue weighted by Crippen LogP contribution is -2.26. The van der Waals surface area contributed by atoms with Crippen LogP contribution in [-0.4, -0.2) is 26.1 Å². The van der Waals surface area contributed by atoms with Crippen molar-refractivity contribution in [3.63, 3.8) is 0 Å². The van der Waals surface area contributed by atoms with Gasteiger partial charge in [-0.3, -0.25) is 0 Å². The van der Waals surface area contributed by atoms with E-state index in [4.69, 9.17) is 38.3 Å². The first kappa shape index (κ1) is 13.9. The average molecular weight is 272 g/mol. The molecule has 6 N–H and O–H groups in total. The molecular formula is C10H14ClN5O2. The molecule has 0 fully saturated rings. The van der Waals surface area contributed by atoms with Crippen LogP contribution in [0.2, 0.25) is 5.02 Å². The number of rotatable bonds is 3. The Balaban J connectivity index is 3.22. The number of nitrogens with two attached hydrogens (primary N) is 3. The summed E-state index contributed by atoms with van der Waals surface area (Å²) in [6, 6.07) is 3.12. The molecule has 0 aliphatic heterocycles. The number of halogens is 1. The van der Waals surface area contributed by atoms with E-state index in [1.807, 2.05) is 0 Å². The molecule has 1 aromatic rings. The third-order valence-electron chi connectivity index (χ3n) is 1.93. The van der Waals surface area contributed by atoms with Gasteiger partial charge in [0.05, 0.1) is 24.9 Å². The van der Waals surface area contributed by atoms with Crippen LogP contribution in [0.15, 0.2) is 22.1 Å². The van der Waals surface area contributed by atoms with Gasteiger partial charge in [-0.2, -0.15) is 4.99 Å². The minimum atomic E-state index is -0.187. The van der Waals surface area contributed by atoms with Crippen LogP contribution in [0.25, 0.3) is 0 Å². The van der Waals surface area contributed by atoms with Gasteiger partial charge in [-0.05, 0) is 0 Å². The Kier molecular flexibility index (Phi) is 4.61. The molecule has 0 radical (unpaired) electrons. The van der Waals surface area contributed by atoms with E-state index in [0.717, 1.165) is 0 Å². The van der Waals surface area contributed by atoms with Crippen molar-refractivity contribution in [1.82, 2.24) is 0 Å². The van der Waals surface area contributed by atoms with E-state index in [-0.39, 0.29) is 11.9 Å². The second kappa shape index (κ2) is 5.97. The largest absolute Gasteiger partial charge is 0.493 e. The van der Waals surface area contributed by atoms with Gasteiger partial charge in [-0.1, -0.05) is 11.6 Å². The Bertz CT molecular complexity index is 497. The number of ether oxygens (including phenoxy) is 2. The summed E-state index contributed by atoms with van der Waals surface area (Å²) in [5.74, 6) is 0.664. The van der Waals surface area contributed by atoms with Crippen molar-refractivity contribution in [3.05, 3.63) is 17.2 Å². The summed E-state index contributed by atoms with van der Waals surface area (Å²) in [7, 11) is 3.00. The van der Waals surface area contributed by atoms with Crippen LogP contribution in [0, 0.1) is 0 Å². The first-order valence-electron chi connectivity index (χ1n) is 4.83. The fraction of sp³-hybridized carbons (Fsp3) is 0.200. The highest BCUT2D eigenvalue weighted by atomic mass is 35.5. The molecule has 1 aromatic carbocycles. The van der Waals surface area contributed by atoms with E-state index in [2.05, 4.69) is 9.98 Å². The fourth-order valence-electron chi connectivity index (χ4n) is 1.21. The molecule has 0 saturated carbocycles. The molecule has 18 heavy (non-hydrogen) atoms. The molecule has 0 saturated heterocycles. The molecule has 0 amide bonds. The predicted octanol–water partition coefficient (Wildman–Crippen LogP) is 0.577. The molecule has 0 atom stereocenters. The third-order valence-corrected chi connectivity index (χ3v) is 2.23. The fourth-order valence-corrected chi connectivity index (χ4v) is 1.41.